The first-order valence-corrected chi connectivity index (χ1v) is 11.8. The van der Waals surface area contributed by atoms with Crippen molar-refractivity contribution in [1.29, 1.82) is 0 Å². The average Bonchev–Trinajstić information content (AvgIpc) is 3.41. The lowest BCUT2D eigenvalue weighted by Crippen LogP contribution is -2.14. The van der Waals surface area contributed by atoms with Crippen LogP contribution in [0, 0.1) is 5.41 Å². The van der Waals surface area contributed by atoms with Gasteiger partial charge in [-0.1, -0.05) is 19.1 Å². The zero-order valence-electron chi connectivity index (χ0n) is 18.6. The summed E-state index contributed by atoms with van der Waals surface area (Å²) >= 11 is 0. The number of nitrogen functional groups attached to an aromatic ring is 2. The molecule has 0 saturated heterocycles. The quantitative estimate of drug-likeness (QED) is 0.446. The maximum Gasteiger partial charge on any atom is 0.145 e. The van der Waals surface area contributed by atoms with Gasteiger partial charge in [-0.25, -0.2) is 15.0 Å². The van der Waals surface area contributed by atoms with Gasteiger partial charge in [0.05, 0.1) is 10.9 Å². The SMILES string of the molecule is C[C@@]1(CCc2ccc3cc(C4CC4)c(N)nc3c2)CCC(n2ccc3c(N)ncnc32)C1. The van der Waals surface area contributed by atoms with Gasteiger partial charge in [0.25, 0.3) is 0 Å². The Labute approximate surface area is 188 Å². The summed E-state index contributed by atoms with van der Waals surface area (Å²) in [5, 5.41) is 2.16. The van der Waals surface area contributed by atoms with Crippen molar-refractivity contribution in [3.63, 3.8) is 0 Å². The van der Waals surface area contributed by atoms with Crippen LogP contribution < -0.4 is 11.5 Å². The third kappa shape index (κ3) is 3.38. The minimum absolute atomic E-state index is 0.317. The Morgan fingerprint density at radius 3 is 2.78 bits per heavy atom. The average molecular weight is 427 g/mol. The van der Waals surface area contributed by atoms with E-state index in [1.54, 1.807) is 6.33 Å². The molecule has 4 N–H and O–H groups in total. The maximum absolute atomic E-state index is 6.25. The van der Waals surface area contributed by atoms with E-state index in [1.807, 2.05) is 6.07 Å². The molecule has 3 heterocycles. The van der Waals surface area contributed by atoms with E-state index in [4.69, 9.17) is 16.5 Å². The summed E-state index contributed by atoms with van der Waals surface area (Å²) in [6, 6.07) is 11.5. The zero-order chi connectivity index (χ0) is 21.9. The number of pyridine rings is 1. The van der Waals surface area contributed by atoms with Gasteiger partial charge in [0.1, 0.15) is 23.6 Å². The van der Waals surface area contributed by atoms with E-state index in [1.165, 1.54) is 48.6 Å². The van der Waals surface area contributed by atoms with E-state index < -0.39 is 0 Å². The van der Waals surface area contributed by atoms with Crippen LogP contribution in [0.5, 0.6) is 0 Å². The van der Waals surface area contributed by atoms with Crippen molar-refractivity contribution in [3.8, 4) is 0 Å². The number of aromatic nitrogens is 4. The van der Waals surface area contributed by atoms with Crippen molar-refractivity contribution >= 4 is 33.6 Å². The molecule has 2 aliphatic carbocycles. The maximum atomic E-state index is 6.25. The van der Waals surface area contributed by atoms with Crippen molar-refractivity contribution in [3.05, 3.63) is 54.0 Å². The molecule has 1 aromatic carbocycles. The van der Waals surface area contributed by atoms with Crippen LogP contribution >= 0.6 is 0 Å². The first-order valence-electron chi connectivity index (χ1n) is 11.8. The summed E-state index contributed by atoms with van der Waals surface area (Å²) in [6.07, 6.45) is 12.0. The molecular weight excluding hydrogens is 396 g/mol. The van der Waals surface area contributed by atoms with Crippen LogP contribution in [0.25, 0.3) is 21.9 Å². The van der Waals surface area contributed by atoms with Crippen LogP contribution in [0.3, 0.4) is 0 Å². The van der Waals surface area contributed by atoms with Crippen molar-refractivity contribution < 1.29 is 0 Å². The Hall–Kier alpha value is -3.15. The molecule has 6 nitrogen and oxygen atoms in total. The Balaban J connectivity index is 1.17. The van der Waals surface area contributed by atoms with Gasteiger partial charge in [0.15, 0.2) is 0 Å². The Morgan fingerprint density at radius 2 is 1.94 bits per heavy atom. The molecular formula is C26H30N6. The highest BCUT2D eigenvalue weighted by atomic mass is 15.1. The van der Waals surface area contributed by atoms with E-state index in [-0.39, 0.29) is 0 Å². The summed E-state index contributed by atoms with van der Waals surface area (Å²) < 4.78 is 2.30. The van der Waals surface area contributed by atoms with Crippen LogP contribution in [0.1, 0.15) is 68.5 Å². The topological polar surface area (TPSA) is 95.6 Å². The van der Waals surface area contributed by atoms with Crippen molar-refractivity contribution in [2.45, 2.75) is 63.8 Å². The molecule has 0 bridgehead atoms. The van der Waals surface area contributed by atoms with Gasteiger partial charge >= 0.3 is 0 Å². The molecule has 4 aromatic rings. The number of anilines is 2. The summed E-state index contributed by atoms with van der Waals surface area (Å²) in [7, 11) is 0. The highest BCUT2D eigenvalue weighted by Gasteiger charge is 2.36. The fourth-order valence-electron chi connectivity index (χ4n) is 5.60. The normalized spacial score (nSPS) is 23.3. The van der Waals surface area contributed by atoms with Gasteiger partial charge in [-0.3, -0.25) is 0 Å². The number of benzene rings is 1. The lowest BCUT2D eigenvalue weighted by Gasteiger charge is -2.25. The van der Waals surface area contributed by atoms with Crippen LogP contribution in [0.4, 0.5) is 11.6 Å². The second-order valence-corrected chi connectivity index (χ2v) is 10.2. The predicted octanol–water partition coefficient (Wildman–Crippen LogP) is 5.39. The predicted molar refractivity (Wildman–Crippen MR) is 129 cm³/mol. The fraction of sp³-hybridized carbons (Fsp3) is 0.423. The number of hydrogen-bond acceptors (Lipinski definition) is 5. The number of aryl methyl sites for hydroxylation is 1. The fourth-order valence-corrected chi connectivity index (χ4v) is 5.60. The summed E-state index contributed by atoms with van der Waals surface area (Å²) in [4.78, 5) is 13.4. The van der Waals surface area contributed by atoms with E-state index in [0.29, 0.717) is 29.0 Å². The zero-order valence-corrected chi connectivity index (χ0v) is 18.6. The van der Waals surface area contributed by atoms with E-state index in [2.05, 4.69) is 51.9 Å². The highest BCUT2D eigenvalue weighted by molar-refractivity contribution is 5.86. The molecule has 164 valence electrons. The van der Waals surface area contributed by atoms with E-state index >= 15 is 0 Å². The number of fused-ring (bicyclic) bond motifs is 2. The molecule has 3 aromatic heterocycles. The van der Waals surface area contributed by atoms with Crippen LogP contribution in [0.2, 0.25) is 0 Å². The Kier molecular flexibility index (Phi) is 4.39. The number of nitrogens with zero attached hydrogens (tertiary/aromatic N) is 4. The van der Waals surface area contributed by atoms with Gasteiger partial charge < -0.3 is 16.0 Å². The lowest BCUT2D eigenvalue weighted by molar-refractivity contribution is 0.295. The van der Waals surface area contributed by atoms with Gasteiger partial charge in [0, 0.05) is 17.6 Å². The molecule has 0 radical (unpaired) electrons. The van der Waals surface area contributed by atoms with Crippen LogP contribution in [0.15, 0.2) is 42.9 Å². The number of nitrogens with two attached hydrogens (primary N) is 2. The van der Waals surface area contributed by atoms with Gasteiger partial charge in [0.2, 0.25) is 0 Å². The molecule has 2 saturated carbocycles. The third-order valence-corrected chi connectivity index (χ3v) is 7.72. The van der Waals surface area contributed by atoms with Crippen LogP contribution in [-0.2, 0) is 6.42 Å². The summed E-state index contributed by atoms with van der Waals surface area (Å²) in [5.41, 5.74) is 17.2. The molecule has 0 spiro atoms. The molecule has 1 unspecified atom stereocenters. The van der Waals surface area contributed by atoms with Gasteiger partial charge in [-0.2, -0.15) is 0 Å². The smallest absolute Gasteiger partial charge is 0.145 e. The van der Waals surface area contributed by atoms with Crippen molar-refractivity contribution in [1.82, 2.24) is 19.5 Å². The summed E-state index contributed by atoms with van der Waals surface area (Å²) in [5.74, 6) is 1.90. The molecule has 0 aliphatic heterocycles. The first kappa shape index (κ1) is 19.5. The molecule has 2 atom stereocenters. The molecule has 6 heteroatoms. The molecule has 32 heavy (non-hydrogen) atoms. The van der Waals surface area contributed by atoms with E-state index in [9.17, 15) is 0 Å². The minimum atomic E-state index is 0.317. The second kappa shape index (κ2) is 7.19. The van der Waals surface area contributed by atoms with E-state index in [0.717, 1.165) is 29.4 Å². The largest absolute Gasteiger partial charge is 0.383 e. The van der Waals surface area contributed by atoms with Gasteiger partial charge in [-0.15, -0.1) is 0 Å². The second-order valence-electron chi connectivity index (χ2n) is 10.2. The third-order valence-electron chi connectivity index (χ3n) is 7.72. The minimum Gasteiger partial charge on any atom is -0.383 e. The Morgan fingerprint density at radius 1 is 1.06 bits per heavy atom. The van der Waals surface area contributed by atoms with Crippen molar-refractivity contribution in [2.75, 3.05) is 11.5 Å². The number of rotatable bonds is 5. The first-order chi connectivity index (χ1) is 15.5. The lowest BCUT2D eigenvalue weighted by atomic mass is 9.82. The molecule has 2 aliphatic rings. The standard InChI is InChI=1S/C26H30N6/c1-26(10-7-19(14-26)32-11-8-20-23(27)29-15-30-25(20)32)9-6-16-2-3-18-13-21(17-4-5-17)24(28)31-22(18)12-16/h2-3,8,11-13,15,17,19H,4-7,9-10,14H2,1H3,(H2,28,31)(H2,27,29,30)/t19?,26-/m1/s1. The molecule has 2 fully saturated rings. The summed E-state index contributed by atoms with van der Waals surface area (Å²) in [6.45, 7) is 2.43. The molecule has 6 rings (SSSR count). The number of hydrogen-bond donors (Lipinski definition) is 2. The Bertz CT molecular complexity index is 1320. The monoisotopic (exact) mass is 426 g/mol. The van der Waals surface area contributed by atoms with Gasteiger partial charge in [-0.05, 0) is 85.6 Å². The highest BCUT2D eigenvalue weighted by Crippen LogP contribution is 2.48. The van der Waals surface area contributed by atoms with Crippen LogP contribution in [-0.4, -0.2) is 19.5 Å². The molecule has 0 amide bonds. The van der Waals surface area contributed by atoms with Crippen molar-refractivity contribution in [2.24, 2.45) is 5.41 Å².